The van der Waals surface area contributed by atoms with Gasteiger partial charge in [-0.1, -0.05) is 11.6 Å². The number of benzene rings is 1. The third kappa shape index (κ3) is 2.38. The molecule has 4 nitrogen and oxygen atoms in total. The van der Waals surface area contributed by atoms with Crippen molar-refractivity contribution >= 4 is 23.2 Å². The second kappa shape index (κ2) is 4.49. The van der Waals surface area contributed by atoms with Gasteiger partial charge < -0.3 is 11.1 Å². The molecule has 1 amide bonds. The third-order valence-corrected chi connectivity index (χ3v) is 1.82. The molecule has 0 atom stereocenters. The molecule has 3 N–H and O–H groups in total. The molecule has 1 aromatic rings. The van der Waals surface area contributed by atoms with Gasteiger partial charge in [0.05, 0.1) is 11.6 Å². The Labute approximate surface area is 86.3 Å². The number of amides is 1. The molecule has 0 aliphatic rings. The van der Waals surface area contributed by atoms with Gasteiger partial charge in [0, 0.05) is 10.7 Å². The molecule has 0 fully saturated rings. The lowest BCUT2D eigenvalue weighted by Crippen LogP contribution is -2.24. The van der Waals surface area contributed by atoms with Gasteiger partial charge in [-0.3, -0.25) is 4.79 Å². The molecule has 0 unspecified atom stereocenters. The molecule has 5 heteroatoms. The van der Waals surface area contributed by atoms with Crippen LogP contribution in [0.15, 0.2) is 18.2 Å². The Morgan fingerprint density at radius 2 is 2.36 bits per heavy atom. The minimum Gasteiger partial charge on any atom is -0.398 e. The van der Waals surface area contributed by atoms with Crippen molar-refractivity contribution in [2.24, 2.45) is 0 Å². The summed E-state index contributed by atoms with van der Waals surface area (Å²) < 4.78 is 0. The minimum absolute atomic E-state index is 0.0408. The number of hydrogen-bond donors (Lipinski definition) is 2. The summed E-state index contributed by atoms with van der Waals surface area (Å²) in [5.41, 5.74) is 6.19. The molecule has 14 heavy (non-hydrogen) atoms. The number of nitrogens with two attached hydrogens (primary N) is 1. The van der Waals surface area contributed by atoms with E-state index in [9.17, 15) is 4.79 Å². The highest BCUT2D eigenvalue weighted by Crippen LogP contribution is 2.17. The number of carbonyl (C=O) groups is 1. The fourth-order valence-corrected chi connectivity index (χ4v) is 1.14. The van der Waals surface area contributed by atoms with Crippen LogP contribution in [0.1, 0.15) is 10.4 Å². The Morgan fingerprint density at radius 3 is 2.93 bits per heavy atom. The number of carbonyl (C=O) groups excluding carboxylic acids is 1. The van der Waals surface area contributed by atoms with E-state index in [1.165, 1.54) is 12.1 Å². The molecule has 0 saturated heterocycles. The molecule has 0 saturated carbocycles. The van der Waals surface area contributed by atoms with Crippen molar-refractivity contribution in [3.8, 4) is 6.07 Å². The second-order valence-corrected chi connectivity index (χ2v) is 3.01. The van der Waals surface area contributed by atoms with Crippen LogP contribution in [0.25, 0.3) is 0 Å². The first kappa shape index (κ1) is 10.4. The number of anilines is 1. The lowest BCUT2D eigenvalue weighted by Gasteiger charge is -2.04. The van der Waals surface area contributed by atoms with Gasteiger partial charge in [0.2, 0.25) is 0 Å². The Hall–Kier alpha value is -1.73. The van der Waals surface area contributed by atoms with Gasteiger partial charge in [-0.05, 0) is 18.2 Å². The maximum absolute atomic E-state index is 11.4. The fraction of sp³-hybridized carbons (Fsp3) is 0.111. The largest absolute Gasteiger partial charge is 0.398 e. The highest BCUT2D eigenvalue weighted by atomic mass is 35.5. The predicted molar refractivity (Wildman–Crippen MR) is 53.8 cm³/mol. The number of halogens is 1. The highest BCUT2D eigenvalue weighted by molar-refractivity contribution is 6.31. The van der Waals surface area contributed by atoms with E-state index < -0.39 is 0 Å². The van der Waals surface area contributed by atoms with Crippen LogP contribution < -0.4 is 11.1 Å². The van der Waals surface area contributed by atoms with Gasteiger partial charge in [-0.25, -0.2) is 0 Å². The molecule has 0 heterocycles. The van der Waals surface area contributed by atoms with Crippen LogP contribution >= 0.6 is 11.6 Å². The van der Waals surface area contributed by atoms with E-state index in [1.807, 2.05) is 0 Å². The number of nitrogens with zero attached hydrogens (tertiary/aromatic N) is 1. The minimum atomic E-state index is -0.374. The Bertz CT molecular complexity index is 398. The van der Waals surface area contributed by atoms with Crippen molar-refractivity contribution in [2.45, 2.75) is 0 Å². The van der Waals surface area contributed by atoms with Gasteiger partial charge in [-0.2, -0.15) is 5.26 Å². The molecule has 0 aromatic heterocycles. The number of nitriles is 1. The molecule has 0 aliphatic carbocycles. The first-order valence-corrected chi connectivity index (χ1v) is 4.23. The molecular weight excluding hydrogens is 202 g/mol. The molecule has 72 valence electrons. The van der Waals surface area contributed by atoms with E-state index in [4.69, 9.17) is 22.6 Å². The standard InChI is InChI=1S/C9H8ClN3O/c10-6-1-2-7(8(12)5-6)9(14)13-4-3-11/h1-2,5H,4,12H2,(H,13,14). The summed E-state index contributed by atoms with van der Waals surface area (Å²) in [6.07, 6.45) is 0. The molecule has 1 rings (SSSR count). The Kier molecular flexibility index (Phi) is 3.32. The van der Waals surface area contributed by atoms with Crippen LogP contribution in [0.5, 0.6) is 0 Å². The maximum Gasteiger partial charge on any atom is 0.254 e. The van der Waals surface area contributed by atoms with Crippen molar-refractivity contribution < 1.29 is 4.79 Å². The van der Waals surface area contributed by atoms with Crippen LogP contribution in [-0.2, 0) is 0 Å². The lowest BCUT2D eigenvalue weighted by molar-refractivity contribution is 0.0959. The molecule has 0 spiro atoms. The summed E-state index contributed by atoms with van der Waals surface area (Å²) in [5.74, 6) is -0.374. The summed E-state index contributed by atoms with van der Waals surface area (Å²) in [4.78, 5) is 11.4. The normalized spacial score (nSPS) is 9.14. The smallest absolute Gasteiger partial charge is 0.254 e. The second-order valence-electron chi connectivity index (χ2n) is 2.57. The van der Waals surface area contributed by atoms with Gasteiger partial charge in [0.1, 0.15) is 6.54 Å². The van der Waals surface area contributed by atoms with Crippen molar-refractivity contribution in [3.63, 3.8) is 0 Å². The summed E-state index contributed by atoms with van der Waals surface area (Å²) in [7, 11) is 0. The average molecular weight is 210 g/mol. The topological polar surface area (TPSA) is 78.9 Å². The number of hydrogen-bond acceptors (Lipinski definition) is 3. The van der Waals surface area contributed by atoms with Crippen molar-refractivity contribution in [1.82, 2.24) is 5.32 Å². The van der Waals surface area contributed by atoms with Crippen LogP contribution in [-0.4, -0.2) is 12.5 Å². The first-order valence-electron chi connectivity index (χ1n) is 3.85. The van der Waals surface area contributed by atoms with Crippen LogP contribution in [0.3, 0.4) is 0 Å². The fourth-order valence-electron chi connectivity index (χ4n) is 0.955. The van der Waals surface area contributed by atoms with Gasteiger partial charge in [-0.15, -0.1) is 0 Å². The number of nitrogen functional groups attached to an aromatic ring is 1. The van der Waals surface area contributed by atoms with Crippen molar-refractivity contribution in [3.05, 3.63) is 28.8 Å². The summed E-state index contributed by atoms with van der Waals surface area (Å²) in [6, 6.07) is 6.38. The van der Waals surface area contributed by atoms with E-state index >= 15 is 0 Å². The summed E-state index contributed by atoms with van der Waals surface area (Å²) in [5, 5.41) is 11.1. The van der Waals surface area contributed by atoms with E-state index in [0.717, 1.165) is 0 Å². The SMILES string of the molecule is N#CCNC(=O)c1ccc(Cl)cc1N. The first-order chi connectivity index (χ1) is 6.65. The van der Waals surface area contributed by atoms with Crippen LogP contribution in [0.4, 0.5) is 5.69 Å². The summed E-state index contributed by atoms with van der Waals surface area (Å²) in [6.45, 7) is -0.0408. The number of nitrogens with one attached hydrogen (secondary N) is 1. The van der Waals surface area contributed by atoms with Crippen LogP contribution in [0.2, 0.25) is 5.02 Å². The monoisotopic (exact) mass is 209 g/mol. The summed E-state index contributed by atoms with van der Waals surface area (Å²) >= 11 is 5.66. The zero-order valence-corrected chi connectivity index (χ0v) is 8.01. The van der Waals surface area contributed by atoms with Crippen molar-refractivity contribution in [1.29, 1.82) is 5.26 Å². The zero-order chi connectivity index (χ0) is 10.6. The quantitative estimate of drug-likeness (QED) is 0.567. The Morgan fingerprint density at radius 1 is 1.64 bits per heavy atom. The number of rotatable bonds is 2. The van der Waals surface area contributed by atoms with E-state index in [-0.39, 0.29) is 12.5 Å². The van der Waals surface area contributed by atoms with Gasteiger partial charge >= 0.3 is 0 Å². The van der Waals surface area contributed by atoms with Crippen LogP contribution in [0, 0.1) is 11.3 Å². The predicted octanol–water partition coefficient (Wildman–Crippen LogP) is 1.18. The highest BCUT2D eigenvalue weighted by Gasteiger charge is 2.08. The zero-order valence-electron chi connectivity index (χ0n) is 7.25. The lowest BCUT2D eigenvalue weighted by atomic mass is 10.1. The average Bonchev–Trinajstić information content (AvgIpc) is 2.14. The molecule has 0 aliphatic heterocycles. The third-order valence-electron chi connectivity index (χ3n) is 1.59. The van der Waals surface area contributed by atoms with Gasteiger partial charge in [0.25, 0.3) is 5.91 Å². The van der Waals surface area contributed by atoms with Crippen molar-refractivity contribution in [2.75, 3.05) is 12.3 Å². The molecular formula is C9H8ClN3O. The van der Waals surface area contributed by atoms with E-state index in [0.29, 0.717) is 16.3 Å². The molecule has 0 radical (unpaired) electrons. The van der Waals surface area contributed by atoms with E-state index in [2.05, 4.69) is 5.32 Å². The maximum atomic E-state index is 11.4. The molecule has 1 aromatic carbocycles. The molecule has 0 bridgehead atoms. The Balaban J connectivity index is 2.86. The van der Waals surface area contributed by atoms with E-state index in [1.54, 1.807) is 12.1 Å². The van der Waals surface area contributed by atoms with Gasteiger partial charge in [0.15, 0.2) is 0 Å².